The van der Waals surface area contributed by atoms with Crippen molar-refractivity contribution >= 4 is 21.8 Å². The number of aromatic amines is 1. The van der Waals surface area contributed by atoms with Crippen LogP contribution >= 0.6 is 0 Å². The predicted molar refractivity (Wildman–Crippen MR) is 107 cm³/mol. The number of halogens is 1. The first-order valence-electron chi connectivity index (χ1n) is 9.22. The van der Waals surface area contributed by atoms with Gasteiger partial charge in [-0.3, -0.25) is 5.10 Å². The first-order chi connectivity index (χ1) is 13.0. The predicted octanol–water partition coefficient (Wildman–Crippen LogP) is 5.13. The van der Waals surface area contributed by atoms with Gasteiger partial charge in [-0.15, -0.1) is 0 Å². The summed E-state index contributed by atoms with van der Waals surface area (Å²) in [4.78, 5) is 0. The van der Waals surface area contributed by atoms with Gasteiger partial charge in [0, 0.05) is 34.7 Å². The molecule has 4 nitrogen and oxygen atoms in total. The molecule has 0 aliphatic carbocycles. The largest absolute Gasteiger partial charge is 0.384 e. The van der Waals surface area contributed by atoms with Gasteiger partial charge in [0.2, 0.25) is 0 Å². The third-order valence-corrected chi connectivity index (χ3v) is 5.22. The Morgan fingerprint density at radius 3 is 2.59 bits per heavy atom. The summed E-state index contributed by atoms with van der Waals surface area (Å²) in [5.41, 5.74) is 5.35. The summed E-state index contributed by atoms with van der Waals surface area (Å²) in [6.45, 7) is 7.15. The van der Waals surface area contributed by atoms with E-state index in [1.54, 1.807) is 7.11 Å². The maximum Gasteiger partial charge on any atom is 0.123 e. The minimum absolute atomic E-state index is 0.209. The summed E-state index contributed by atoms with van der Waals surface area (Å²) in [6.07, 6.45) is 2.73. The lowest BCUT2D eigenvalue weighted by Gasteiger charge is -2.28. The van der Waals surface area contributed by atoms with Crippen molar-refractivity contribution in [3.8, 4) is 5.69 Å². The van der Waals surface area contributed by atoms with E-state index in [-0.39, 0.29) is 11.2 Å². The van der Waals surface area contributed by atoms with Gasteiger partial charge in [-0.1, -0.05) is 20.8 Å². The van der Waals surface area contributed by atoms with Crippen LogP contribution in [0, 0.1) is 5.82 Å². The topological polar surface area (TPSA) is 42.8 Å². The fourth-order valence-corrected chi connectivity index (χ4v) is 4.15. The highest BCUT2D eigenvalue weighted by atomic mass is 19.1. The van der Waals surface area contributed by atoms with E-state index < -0.39 is 0 Å². The highest BCUT2D eigenvalue weighted by Crippen LogP contribution is 2.39. The van der Waals surface area contributed by atoms with Crippen molar-refractivity contribution in [2.75, 3.05) is 13.7 Å². The van der Waals surface area contributed by atoms with E-state index in [1.807, 2.05) is 18.3 Å². The van der Waals surface area contributed by atoms with Crippen molar-refractivity contribution in [3.05, 3.63) is 59.7 Å². The number of methoxy groups -OCH3 is 1. The monoisotopic (exact) mass is 365 g/mol. The number of hydrogen-bond acceptors (Lipinski definition) is 2. The summed E-state index contributed by atoms with van der Waals surface area (Å²) in [6, 6.07) is 11.0. The lowest BCUT2D eigenvalue weighted by Crippen LogP contribution is -2.28. The summed E-state index contributed by atoms with van der Waals surface area (Å²) in [5, 5.41) is 9.49. The molecular formula is C22H24FN3O. The number of ether oxygens (including phenoxy) is 1. The zero-order valence-electron chi connectivity index (χ0n) is 16.1. The molecule has 0 radical (unpaired) electrons. The van der Waals surface area contributed by atoms with Gasteiger partial charge in [-0.25, -0.2) is 4.39 Å². The molecule has 0 fully saturated rings. The van der Waals surface area contributed by atoms with E-state index in [9.17, 15) is 4.39 Å². The lowest BCUT2D eigenvalue weighted by atomic mass is 9.86. The van der Waals surface area contributed by atoms with Crippen molar-refractivity contribution in [2.24, 2.45) is 0 Å². The van der Waals surface area contributed by atoms with E-state index in [4.69, 9.17) is 4.74 Å². The number of nitrogens with one attached hydrogen (secondary N) is 1. The first-order valence-corrected chi connectivity index (χ1v) is 9.22. The Bertz CT molecular complexity index is 1110. The van der Waals surface area contributed by atoms with Crippen LogP contribution in [-0.4, -0.2) is 28.5 Å². The standard InChI is InChI=1S/C22H24FN3O/c1-5-17-18-11-19-14(12-24-25-19)10-20(18)26(16-8-6-15(23)7-9-16)21(17)22(2,3)13-27-4/h6-12H,5,13H2,1-4H3,(H,24,25). The highest BCUT2D eigenvalue weighted by molar-refractivity contribution is 5.98. The van der Waals surface area contributed by atoms with Gasteiger partial charge in [0.15, 0.2) is 0 Å². The van der Waals surface area contributed by atoms with Gasteiger partial charge in [0.25, 0.3) is 0 Å². The number of rotatable bonds is 5. The van der Waals surface area contributed by atoms with Crippen LogP contribution in [0.3, 0.4) is 0 Å². The summed E-state index contributed by atoms with van der Waals surface area (Å²) < 4.78 is 21.4. The number of aromatic nitrogens is 3. The van der Waals surface area contributed by atoms with E-state index in [2.05, 4.69) is 47.7 Å². The number of H-pyrrole nitrogens is 1. The Kier molecular flexibility index (Phi) is 4.27. The molecule has 0 saturated carbocycles. The molecule has 0 unspecified atom stereocenters. The van der Waals surface area contributed by atoms with Crippen LogP contribution in [0.25, 0.3) is 27.5 Å². The SMILES string of the molecule is CCc1c(C(C)(C)COC)n(-c2ccc(F)cc2)c2cc3cn[nH]c3cc12. The average Bonchev–Trinajstić information content (AvgIpc) is 3.22. The smallest absolute Gasteiger partial charge is 0.123 e. The maximum atomic E-state index is 13.6. The fourth-order valence-electron chi connectivity index (χ4n) is 4.15. The second kappa shape index (κ2) is 6.50. The third kappa shape index (κ3) is 2.82. The molecule has 5 heteroatoms. The van der Waals surface area contributed by atoms with Gasteiger partial charge >= 0.3 is 0 Å². The van der Waals surface area contributed by atoms with Gasteiger partial charge < -0.3 is 9.30 Å². The quantitative estimate of drug-likeness (QED) is 0.533. The van der Waals surface area contributed by atoms with Crippen LogP contribution in [0.5, 0.6) is 0 Å². The Labute approximate surface area is 158 Å². The van der Waals surface area contributed by atoms with Gasteiger partial charge in [-0.05, 0) is 48.4 Å². The summed E-state index contributed by atoms with van der Waals surface area (Å²) in [5.74, 6) is -0.235. The molecule has 0 amide bonds. The van der Waals surface area contributed by atoms with Crippen LogP contribution in [-0.2, 0) is 16.6 Å². The lowest BCUT2D eigenvalue weighted by molar-refractivity contribution is 0.143. The molecule has 2 aromatic carbocycles. The molecule has 27 heavy (non-hydrogen) atoms. The molecule has 0 spiro atoms. The molecule has 140 valence electrons. The normalized spacial score (nSPS) is 12.3. The first kappa shape index (κ1) is 17.7. The maximum absolute atomic E-state index is 13.6. The van der Waals surface area contributed by atoms with Gasteiger partial charge in [-0.2, -0.15) is 5.10 Å². The van der Waals surface area contributed by atoms with E-state index in [1.165, 1.54) is 28.8 Å². The Hall–Kier alpha value is -2.66. The molecule has 0 aliphatic rings. The number of hydrogen-bond donors (Lipinski definition) is 1. The average molecular weight is 365 g/mol. The second-order valence-corrected chi connectivity index (χ2v) is 7.64. The van der Waals surface area contributed by atoms with E-state index in [0.717, 1.165) is 28.5 Å². The molecule has 0 aliphatic heterocycles. The zero-order chi connectivity index (χ0) is 19.2. The third-order valence-electron chi connectivity index (χ3n) is 5.22. The van der Waals surface area contributed by atoms with Gasteiger partial charge in [0.1, 0.15) is 5.82 Å². The minimum atomic E-state index is -0.235. The zero-order valence-corrected chi connectivity index (χ0v) is 16.1. The van der Waals surface area contributed by atoms with Crippen molar-refractivity contribution in [3.63, 3.8) is 0 Å². The Morgan fingerprint density at radius 1 is 1.19 bits per heavy atom. The molecule has 0 atom stereocenters. The minimum Gasteiger partial charge on any atom is -0.384 e. The van der Waals surface area contributed by atoms with E-state index in [0.29, 0.717) is 6.61 Å². The molecular weight excluding hydrogens is 341 g/mol. The second-order valence-electron chi connectivity index (χ2n) is 7.64. The van der Waals surface area contributed by atoms with Crippen LogP contribution in [0.15, 0.2) is 42.6 Å². The number of nitrogens with zero attached hydrogens (tertiary/aromatic N) is 2. The van der Waals surface area contributed by atoms with Crippen LogP contribution in [0.1, 0.15) is 32.0 Å². The van der Waals surface area contributed by atoms with Crippen LogP contribution < -0.4 is 0 Å². The summed E-state index contributed by atoms with van der Waals surface area (Å²) in [7, 11) is 1.73. The summed E-state index contributed by atoms with van der Waals surface area (Å²) >= 11 is 0. The Balaban J connectivity index is 2.14. The molecule has 2 heterocycles. The molecule has 1 N–H and O–H groups in total. The molecule has 2 aromatic heterocycles. The Morgan fingerprint density at radius 2 is 1.93 bits per heavy atom. The molecule has 0 saturated heterocycles. The van der Waals surface area contributed by atoms with E-state index >= 15 is 0 Å². The number of benzene rings is 2. The van der Waals surface area contributed by atoms with Crippen LogP contribution in [0.2, 0.25) is 0 Å². The fraction of sp³-hybridized carbons (Fsp3) is 0.318. The molecule has 4 rings (SSSR count). The van der Waals surface area contributed by atoms with Gasteiger partial charge in [0.05, 0.1) is 23.8 Å². The van der Waals surface area contributed by atoms with Crippen LogP contribution in [0.4, 0.5) is 4.39 Å². The van der Waals surface area contributed by atoms with Crippen molar-refractivity contribution < 1.29 is 9.13 Å². The van der Waals surface area contributed by atoms with Crippen molar-refractivity contribution in [2.45, 2.75) is 32.6 Å². The highest BCUT2D eigenvalue weighted by Gasteiger charge is 2.30. The van der Waals surface area contributed by atoms with Crippen molar-refractivity contribution in [1.82, 2.24) is 14.8 Å². The number of aryl methyl sites for hydroxylation is 1. The molecule has 0 bridgehead atoms. The number of fused-ring (bicyclic) bond motifs is 2. The molecule has 4 aromatic rings. The van der Waals surface area contributed by atoms with Crippen molar-refractivity contribution in [1.29, 1.82) is 0 Å².